The highest BCUT2D eigenvalue weighted by molar-refractivity contribution is 5.80. The van der Waals surface area contributed by atoms with E-state index in [9.17, 15) is 4.79 Å². The van der Waals surface area contributed by atoms with E-state index in [1.165, 1.54) is 7.11 Å². The molecular weight excluding hydrogens is 270 g/mol. The van der Waals surface area contributed by atoms with Crippen LogP contribution < -0.4 is 5.32 Å². The molecule has 0 radical (unpaired) electrons. The maximum Gasteiger partial charge on any atom is 0.325 e. The molecular formula is C16H33NO4. The van der Waals surface area contributed by atoms with Gasteiger partial charge in [0.1, 0.15) is 5.54 Å². The second kappa shape index (κ2) is 10.1. The maximum absolute atomic E-state index is 11.8. The first kappa shape index (κ1) is 20.3. The first-order valence-corrected chi connectivity index (χ1v) is 7.77. The Balaban J connectivity index is 3.85. The minimum absolute atomic E-state index is 0.130. The minimum Gasteiger partial charge on any atom is -0.468 e. The van der Waals surface area contributed by atoms with E-state index in [0.717, 1.165) is 32.2 Å². The van der Waals surface area contributed by atoms with Crippen molar-refractivity contribution in [2.24, 2.45) is 0 Å². The zero-order valence-electron chi connectivity index (χ0n) is 14.6. The summed E-state index contributed by atoms with van der Waals surface area (Å²) in [5.41, 5.74) is -0.726. The lowest BCUT2D eigenvalue weighted by molar-refractivity contribution is -0.148. The van der Waals surface area contributed by atoms with E-state index < -0.39 is 5.54 Å². The Bertz CT molecular complexity index is 294. The van der Waals surface area contributed by atoms with Crippen molar-refractivity contribution in [3.63, 3.8) is 0 Å². The van der Waals surface area contributed by atoms with Gasteiger partial charge in [-0.1, -0.05) is 6.92 Å². The number of hydrogen-bond donors (Lipinski definition) is 1. The third-order valence-electron chi connectivity index (χ3n) is 3.82. The third kappa shape index (κ3) is 8.39. The van der Waals surface area contributed by atoms with Gasteiger partial charge >= 0.3 is 5.97 Å². The summed E-state index contributed by atoms with van der Waals surface area (Å²) in [6, 6.07) is 0. The number of methoxy groups -OCH3 is 2. The zero-order valence-corrected chi connectivity index (χ0v) is 14.6. The molecule has 0 spiro atoms. The van der Waals surface area contributed by atoms with Gasteiger partial charge in [0.05, 0.1) is 12.7 Å². The van der Waals surface area contributed by atoms with E-state index in [0.29, 0.717) is 13.2 Å². The van der Waals surface area contributed by atoms with Gasteiger partial charge in [-0.2, -0.15) is 0 Å². The van der Waals surface area contributed by atoms with Crippen molar-refractivity contribution in [3.8, 4) is 0 Å². The van der Waals surface area contributed by atoms with Crippen LogP contribution in [0.5, 0.6) is 0 Å². The number of likely N-dealkylation sites (N-methyl/N-ethyl adjacent to an activating group) is 1. The van der Waals surface area contributed by atoms with Crippen LogP contribution in [-0.2, 0) is 19.0 Å². The standard InChI is InChI=1S/C16H33NO4/c1-7-17-16(4,14(18)19-5)10-8-9-12-21-13-11-15(2,3)20-6/h17H,7-13H2,1-6H3. The van der Waals surface area contributed by atoms with E-state index in [1.807, 2.05) is 13.8 Å². The normalized spacial score (nSPS) is 14.8. The van der Waals surface area contributed by atoms with Crippen LogP contribution in [0, 0.1) is 0 Å². The number of nitrogens with one attached hydrogen (secondary N) is 1. The molecule has 21 heavy (non-hydrogen) atoms. The van der Waals surface area contributed by atoms with E-state index in [1.54, 1.807) is 7.11 Å². The number of ether oxygens (including phenoxy) is 3. The van der Waals surface area contributed by atoms with Crippen molar-refractivity contribution in [2.45, 2.75) is 64.5 Å². The quantitative estimate of drug-likeness (QED) is 0.443. The highest BCUT2D eigenvalue weighted by Crippen LogP contribution is 2.16. The predicted molar refractivity (Wildman–Crippen MR) is 84.5 cm³/mol. The molecule has 0 saturated carbocycles. The molecule has 0 aliphatic carbocycles. The lowest BCUT2D eigenvalue weighted by Gasteiger charge is -2.27. The Morgan fingerprint density at radius 3 is 2.24 bits per heavy atom. The van der Waals surface area contributed by atoms with Crippen LogP contribution in [0.4, 0.5) is 0 Å². The van der Waals surface area contributed by atoms with Crippen LogP contribution in [0.2, 0.25) is 0 Å². The molecule has 0 aromatic rings. The average Bonchev–Trinajstić information content (AvgIpc) is 2.45. The largest absolute Gasteiger partial charge is 0.468 e. The second-order valence-corrected chi connectivity index (χ2v) is 6.14. The smallest absolute Gasteiger partial charge is 0.325 e. The first-order chi connectivity index (χ1) is 9.81. The Morgan fingerprint density at radius 1 is 1.05 bits per heavy atom. The van der Waals surface area contributed by atoms with Gasteiger partial charge in [-0.3, -0.25) is 4.79 Å². The van der Waals surface area contributed by atoms with E-state index in [-0.39, 0.29) is 11.6 Å². The maximum atomic E-state index is 11.8. The van der Waals surface area contributed by atoms with Crippen LogP contribution in [-0.4, -0.2) is 51.1 Å². The average molecular weight is 303 g/mol. The van der Waals surface area contributed by atoms with Crippen molar-refractivity contribution in [3.05, 3.63) is 0 Å². The summed E-state index contributed by atoms with van der Waals surface area (Å²) in [5.74, 6) is -0.202. The van der Waals surface area contributed by atoms with Gasteiger partial charge in [-0.05, 0) is 53.0 Å². The lowest BCUT2D eigenvalue weighted by atomic mass is 9.95. The molecule has 0 saturated heterocycles. The number of rotatable bonds is 12. The van der Waals surface area contributed by atoms with Gasteiger partial charge in [-0.15, -0.1) is 0 Å². The highest BCUT2D eigenvalue weighted by Gasteiger charge is 2.32. The van der Waals surface area contributed by atoms with Gasteiger partial charge in [0.25, 0.3) is 0 Å². The third-order valence-corrected chi connectivity index (χ3v) is 3.82. The van der Waals surface area contributed by atoms with Crippen molar-refractivity contribution in [1.29, 1.82) is 0 Å². The fourth-order valence-electron chi connectivity index (χ4n) is 2.08. The minimum atomic E-state index is -0.596. The van der Waals surface area contributed by atoms with Crippen LogP contribution in [0.1, 0.15) is 53.4 Å². The molecule has 5 nitrogen and oxygen atoms in total. The molecule has 0 rings (SSSR count). The second-order valence-electron chi connectivity index (χ2n) is 6.14. The van der Waals surface area contributed by atoms with E-state index in [2.05, 4.69) is 19.2 Å². The first-order valence-electron chi connectivity index (χ1n) is 7.77. The summed E-state index contributed by atoms with van der Waals surface area (Å²) in [7, 11) is 3.15. The number of carbonyl (C=O) groups is 1. The van der Waals surface area contributed by atoms with Crippen LogP contribution >= 0.6 is 0 Å². The summed E-state index contributed by atoms with van der Waals surface area (Å²) in [5, 5.41) is 3.21. The molecule has 0 amide bonds. The monoisotopic (exact) mass is 303 g/mol. The molecule has 5 heteroatoms. The Labute approximate surface area is 129 Å². The fourth-order valence-corrected chi connectivity index (χ4v) is 2.08. The number of esters is 1. The lowest BCUT2D eigenvalue weighted by Crippen LogP contribution is -2.50. The number of hydrogen-bond acceptors (Lipinski definition) is 5. The molecule has 1 N–H and O–H groups in total. The van der Waals surface area contributed by atoms with Crippen molar-refractivity contribution >= 4 is 5.97 Å². The molecule has 0 aliphatic heterocycles. The Kier molecular flexibility index (Phi) is 9.83. The Morgan fingerprint density at radius 2 is 1.71 bits per heavy atom. The molecule has 0 heterocycles. The predicted octanol–water partition coefficient (Wildman–Crippen LogP) is 2.53. The molecule has 1 atom stereocenters. The molecule has 0 aliphatic rings. The summed E-state index contributed by atoms with van der Waals surface area (Å²) >= 11 is 0. The molecule has 0 fully saturated rings. The SMILES string of the molecule is CCNC(C)(CCCCOCCC(C)(C)OC)C(=O)OC. The van der Waals surface area contributed by atoms with E-state index >= 15 is 0 Å². The van der Waals surface area contributed by atoms with Crippen molar-refractivity contribution in [2.75, 3.05) is 34.0 Å². The van der Waals surface area contributed by atoms with Gasteiger partial charge in [-0.25, -0.2) is 0 Å². The van der Waals surface area contributed by atoms with Gasteiger partial charge in [0.15, 0.2) is 0 Å². The van der Waals surface area contributed by atoms with E-state index in [4.69, 9.17) is 14.2 Å². The highest BCUT2D eigenvalue weighted by atomic mass is 16.5. The summed E-state index contributed by atoms with van der Waals surface area (Å²) < 4.78 is 15.8. The number of carbonyl (C=O) groups excluding carboxylic acids is 1. The van der Waals surface area contributed by atoms with Crippen molar-refractivity contribution < 1.29 is 19.0 Å². The van der Waals surface area contributed by atoms with Crippen LogP contribution in [0.25, 0.3) is 0 Å². The summed E-state index contributed by atoms with van der Waals surface area (Å²) in [4.78, 5) is 11.8. The zero-order chi connectivity index (χ0) is 16.4. The van der Waals surface area contributed by atoms with Crippen LogP contribution in [0.3, 0.4) is 0 Å². The fraction of sp³-hybridized carbons (Fsp3) is 0.938. The molecule has 0 aromatic heterocycles. The molecule has 126 valence electrons. The van der Waals surface area contributed by atoms with Gasteiger partial charge in [0, 0.05) is 20.3 Å². The summed E-state index contributed by atoms with van der Waals surface area (Å²) in [6.45, 7) is 10.1. The number of unbranched alkanes of at least 4 members (excludes halogenated alkanes) is 1. The van der Waals surface area contributed by atoms with Gasteiger partial charge < -0.3 is 19.5 Å². The summed E-state index contributed by atoms with van der Waals surface area (Å²) in [6.07, 6.45) is 3.48. The molecule has 0 aromatic carbocycles. The molecule has 1 unspecified atom stereocenters. The topological polar surface area (TPSA) is 56.8 Å². The Hall–Kier alpha value is -0.650. The van der Waals surface area contributed by atoms with Gasteiger partial charge in [0.2, 0.25) is 0 Å². The van der Waals surface area contributed by atoms with Crippen LogP contribution in [0.15, 0.2) is 0 Å². The molecule has 0 bridgehead atoms. The van der Waals surface area contributed by atoms with Crippen molar-refractivity contribution in [1.82, 2.24) is 5.32 Å².